The summed E-state index contributed by atoms with van der Waals surface area (Å²) in [6, 6.07) is 14.4. The number of amides is 1. The number of carbonyl (C=O) groups is 1. The lowest BCUT2D eigenvalue weighted by Crippen LogP contribution is -2.30. The molecular weight excluding hydrogens is 279 g/mol. The maximum absolute atomic E-state index is 13.6. The molecule has 0 atom stereocenters. The first-order chi connectivity index (χ1) is 10.6. The minimum atomic E-state index is -0.244. The van der Waals surface area contributed by atoms with E-state index in [9.17, 15) is 9.18 Å². The average molecular weight is 300 g/mol. The van der Waals surface area contributed by atoms with Crippen LogP contribution in [0.5, 0.6) is 0 Å². The third-order valence-corrected chi connectivity index (χ3v) is 3.48. The minimum absolute atomic E-state index is 0.0975. The van der Waals surface area contributed by atoms with Crippen LogP contribution in [0.1, 0.15) is 18.1 Å². The number of benzene rings is 2. The number of aryl methyl sites for hydroxylation is 1. The Labute approximate surface area is 130 Å². The Kier molecular flexibility index (Phi) is 5.67. The van der Waals surface area contributed by atoms with Crippen molar-refractivity contribution in [2.45, 2.75) is 19.9 Å². The molecule has 0 aliphatic rings. The van der Waals surface area contributed by atoms with Gasteiger partial charge < -0.3 is 5.32 Å². The number of halogens is 1. The molecule has 0 saturated heterocycles. The van der Waals surface area contributed by atoms with Crippen molar-refractivity contribution in [3.63, 3.8) is 0 Å². The zero-order valence-electron chi connectivity index (χ0n) is 13.0. The lowest BCUT2D eigenvalue weighted by atomic mass is 10.1. The van der Waals surface area contributed by atoms with Gasteiger partial charge in [0.05, 0.1) is 6.54 Å². The van der Waals surface area contributed by atoms with Crippen LogP contribution in [0.4, 0.5) is 10.1 Å². The smallest absolute Gasteiger partial charge is 0.238 e. The third-order valence-electron chi connectivity index (χ3n) is 3.48. The average Bonchev–Trinajstić information content (AvgIpc) is 2.50. The van der Waals surface area contributed by atoms with Crippen LogP contribution < -0.4 is 5.32 Å². The van der Waals surface area contributed by atoms with Crippen molar-refractivity contribution in [1.29, 1.82) is 0 Å². The summed E-state index contributed by atoms with van der Waals surface area (Å²) in [5.41, 5.74) is 2.54. The van der Waals surface area contributed by atoms with E-state index >= 15 is 0 Å². The fourth-order valence-corrected chi connectivity index (χ4v) is 2.36. The van der Waals surface area contributed by atoms with Crippen LogP contribution in [0.25, 0.3) is 0 Å². The van der Waals surface area contributed by atoms with E-state index < -0.39 is 0 Å². The molecule has 2 aromatic rings. The number of hydrogen-bond donors (Lipinski definition) is 1. The van der Waals surface area contributed by atoms with E-state index in [4.69, 9.17) is 0 Å². The molecular formula is C18H21FN2O. The summed E-state index contributed by atoms with van der Waals surface area (Å²) in [6.45, 7) is 2.66. The fourth-order valence-electron chi connectivity index (χ4n) is 2.36. The Morgan fingerprint density at radius 3 is 2.41 bits per heavy atom. The summed E-state index contributed by atoms with van der Waals surface area (Å²) < 4.78 is 13.6. The third kappa shape index (κ3) is 4.40. The van der Waals surface area contributed by atoms with Crippen molar-refractivity contribution >= 4 is 11.6 Å². The highest BCUT2D eigenvalue weighted by atomic mass is 19.1. The number of likely N-dealkylation sites (N-methyl/N-ethyl adjacent to an activating group) is 1. The molecule has 3 nitrogen and oxygen atoms in total. The molecule has 0 fully saturated rings. The van der Waals surface area contributed by atoms with Gasteiger partial charge in [0.2, 0.25) is 5.91 Å². The van der Waals surface area contributed by atoms with Gasteiger partial charge in [0.25, 0.3) is 0 Å². The topological polar surface area (TPSA) is 32.3 Å². The van der Waals surface area contributed by atoms with Crippen molar-refractivity contribution < 1.29 is 9.18 Å². The van der Waals surface area contributed by atoms with Crippen LogP contribution in [0.2, 0.25) is 0 Å². The second kappa shape index (κ2) is 7.71. The second-order valence-electron chi connectivity index (χ2n) is 5.32. The fraction of sp³-hybridized carbons (Fsp3) is 0.278. The Morgan fingerprint density at radius 2 is 1.73 bits per heavy atom. The van der Waals surface area contributed by atoms with Crippen molar-refractivity contribution in [2.75, 3.05) is 18.9 Å². The molecule has 0 saturated carbocycles. The van der Waals surface area contributed by atoms with Gasteiger partial charge in [0.15, 0.2) is 0 Å². The number of nitrogens with zero attached hydrogens (tertiary/aromatic N) is 1. The van der Waals surface area contributed by atoms with Crippen molar-refractivity contribution in [3.8, 4) is 0 Å². The van der Waals surface area contributed by atoms with E-state index in [1.54, 1.807) is 30.1 Å². The summed E-state index contributed by atoms with van der Waals surface area (Å²) in [4.78, 5) is 13.9. The van der Waals surface area contributed by atoms with Gasteiger partial charge in [0, 0.05) is 17.8 Å². The summed E-state index contributed by atoms with van der Waals surface area (Å²) in [6.07, 6.45) is 0.863. The van der Waals surface area contributed by atoms with Gasteiger partial charge in [-0.25, -0.2) is 4.39 Å². The molecule has 4 heteroatoms. The number of nitrogens with one attached hydrogen (secondary N) is 1. The molecule has 2 aromatic carbocycles. The predicted molar refractivity (Wildman–Crippen MR) is 87.2 cm³/mol. The largest absolute Gasteiger partial charge is 0.325 e. The molecule has 0 bridgehead atoms. The van der Waals surface area contributed by atoms with Gasteiger partial charge in [-0.1, -0.05) is 43.3 Å². The maximum Gasteiger partial charge on any atom is 0.238 e. The van der Waals surface area contributed by atoms with Crippen molar-refractivity contribution in [3.05, 3.63) is 65.5 Å². The second-order valence-corrected chi connectivity index (χ2v) is 5.32. The molecule has 0 heterocycles. The van der Waals surface area contributed by atoms with E-state index in [1.807, 2.05) is 24.3 Å². The van der Waals surface area contributed by atoms with Gasteiger partial charge in [-0.15, -0.1) is 0 Å². The van der Waals surface area contributed by atoms with E-state index in [0.717, 1.165) is 17.7 Å². The number of anilines is 1. The molecule has 0 radical (unpaired) electrons. The van der Waals surface area contributed by atoms with Crippen LogP contribution >= 0.6 is 0 Å². The van der Waals surface area contributed by atoms with Crippen molar-refractivity contribution in [2.24, 2.45) is 0 Å². The number of hydrogen-bond acceptors (Lipinski definition) is 2. The Bertz CT molecular complexity index is 642. The van der Waals surface area contributed by atoms with Gasteiger partial charge in [-0.05, 0) is 31.2 Å². The molecule has 22 heavy (non-hydrogen) atoms. The zero-order chi connectivity index (χ0) is 15.9. The Hall–Kier alpha value is -2.20. The molecule has 1 amide bonds. The lowest BCUT2D eigenvalue weighted by Gasteiger charge is -2.17. The maximum atomic E-state index is 13.6. The molecule has 1 N–H and O–H groups in total. The van der Waals surface area contributed by atoms with Gasteiger partial charge >= 0.3 is 0 Å². The predicted octanol–water partition coefficient (Wildman–Crippen LogP) is 3.46. The van der Waals surface area contributed by atoms with Crippen LogP contribution in [-0.2, 0) is 17.8 Å². The number of para-hydroxylation sites is 1. The van der Waals surface area contributed by atoms with Crippen LogP contribution in [0.3, 0.4) is 0 Å². The first kappa shape index (κ1) is 16.2. The minimum Gasteiger partial charge on any atom is -0.325 e. The number of rotatable bonds is 6. The van der Waals surface area contributed by atoms with Crippen LogP contribution in [0.15, 0.2) is 48.5 Å². The summed E-state index contributed by atoms with van der Waals surface area (Å²) in [5, 5.41) is 2.92. The molecule has 2 rings (SSSR count). The molecule has 0 aliphatic carbocycles. The lowest BCUT2D eigenvalue weighted by molar-refractivity contribution is -0.117. The van der Waals surface area contributed by atoms with Gasteiger partial charge in [-0.2, -0.15) is 0 Å². The van der Waals surface area contributed by atoms with Crippen molar-refractivity contribution in [1.82, 2.24) is 4.90 Å². The van der Waals surface area contributed by atoms with E-state index in [2.05, 4.69) is 12.2 Å². The van der Waals surface area contributed by atoms with E-state index in [-0.39, 0.29) is 18.3 Å². The molecule has 116 valence electrons. The molecule has 0 unspecified atom stereocenters. The van der Waals surface area contributed by atoms with Crippen LogP contribution in [0, 0.1) is 5.82 Å². The van der Waals surface area contributed by atoms with Gasteiger partial charge in [0.1, 0.15) is 5.82 Å². The van der Waals surface area contributed by atoms with Crippen LogP contribution in [-0.4, -0.2) is 24.4 Å². The highest BCUT2D eigenvalue weighted by molar-refractivity contribution is 5.92. The Morgan fingerprint density at radius 1 is 1.09 bits per heavy atom. The summed E-state index contributed by atoms with van der Waals surface area (Å²) in [7, 11) is 1.80. The standard InChI is InChI=1S/C18H21FN2O/c1-3-14-8-5-7-11-17(14)20-18(22)13-21(2)12-15-9-4-6-10-16(15)19/h4-11H,3,12-13H2,1-2H3,(H,20,22). The highest BCUT2D eigenvalue weighted by Gasteiger charge is 2.10. The normalized spacial score (nSPS) is 10.7. The molecule has 0 aromatic heterocycles. The summed E-state index contributed by atoms with van der Waals surface area (Å²) in [5.74, 6) is -0.342. The zero-order valence-corrected chi connectivity index (χ0v) is 13.0. The quantitative estimate of drug-likeness (QED) is 0.886. The van der Waals surface area contributed by atoms with E-state index in [0.29, 0.717) is 12.1 Å². The first-order valence-electron chi connectivity index (χ1n) is 7.40. The van der Waals surface area contributed by atoms with Gasteiger partial charge in [-0.3, -0.25) is 9.69 Å². The molecule has 0 aliphatic heterocycles. The monoisotopic (exact) mass is 300 g/mol. The first-order valence-corrected chi connectivity index (χ1v) is 7.40. The Balaban J connectivity index is 1.93. The number of carbonyl (C=O) groups excluding carboxylic acids is 1. The summed E-state index contributed by atoms with van der Waals surface area (Å²) >= 11 is 0. The highest BCUT2D eigenvalue weighted by Crippen LogP contribution is 2.15. The molecule has 0 spiro atoms. The van der Waals surface area contributed by atoms with E-state index in [1.165, 1.54) is 6.07 Å². The SMILES string of the molecule is CCc1ccccc1NC(=O)CN(C)Cc1ccccc1F.